The molecule has 0 fully saturated rings. The molecule has 2 aromatic carbocycles. The van der Waals surface area contributed by atoms with E-state index in [1.54, 1.807) is 6.20 Å². The van der Waals surface area contributed by atoms with Gasteiger partial charge in [-0.25, -0.2) is 9.78 Å². The van der Waals surface area contributed by atoms with Crippen molar-refractivity contribution in [1.82, 2.24) is 10.3 Å². The first-order valence-corrected chi connectivity index (χ1v) is 8.26. The highest BCUT2D eigenvalue weighted by Crippen LogP contribution is 2.28. The Morgan fingerprint density at radius 2 is 1.88 bits per heavy atom. The normalized spacial score (nSPS) is 10.7. The third-order valence-corrected chi connectivity index (χ3v) is 4.09. The summed E-state index contributed by atoms with van der Waals surface area (Å²) in [6.07, 6.45) is 1.78. The summed E-state index contributed by atoms with van der Waals surface area (Å²) in [5.74, 6) is 0.519. The maximum absolute atomic E-state index is 11.7. The van der Waals surface area contributed by atoms with E-state index in [2.05, 4.69) is 27.8 Å². The van der Waals surface area contributed by atoms with Gasteiger partial charge in [-0.05, 0) is 53.6 Å². The van der Waals surface area contributed by atoms with Gasteiger partial charge in [-0.1, -0.05) is 30.3 Å². The van der Waals surface area contributed by atoms with Gasteiger partial charge in [0.05, 0.1) is 6.61 Å². The minimum Gasteiger partial charge on any atom is -0.392 e. The number of aryl methyl sites for hydroxylation is 1. The van der Waals surface area contributed by atoms with Crippen LogP contribution in [0.4, 0.5) is 10.6 Å². The molecule has 0 radical (unpaired) electrons. The van der Waals surface area contributed by atoms with E-state index >= 15 is 0 Å². The van der Waals surface area contributed by atoms with E-state index in [0.717, 1.165) is 33.0 Å². The second kappa shape index (κ2) is 7.32. The molecule has 0 spiro atoms. The molecule has 128 valence electrons. The van der Waals surface area contributed by atoms with Crippen molar-refractivity contribution >= 4 is 22.6 Å². The second-order valence-corrected chi connectivity index (χ2v) is 5.92. The maximum Gasteiger partial charge on any atom is 0.320 e. The van der Waals surface area contributed by atoms with Crippen molar-refractivity contribution in [2.45, 2.75) is 20.5 Å². The molecule has 5 heteroatoms. The Labute approximate surface area is 146 Å². The Morgan fingerprint density at radius 3 is 2.56 bits per heavy atom. The van der Waals surface area contributed by atoms with Gasteiger partial charge in [0.2, 0.25) is 0 Å². The molecule has 1 heterocycles. The number of amides is 2. The molecule has 0 atom stereocenters. The monoisotopic (exact) mass is 335 g/mol. The lowest BCUT2D eigenvalue weighted by atomic mass is 9.98. The minimum absolute atomic E-state index is 0.0392. The van der Waals surface area contributed by atoms with Gasteiger partial charge in [0.15, 0.2) is 0 Å². The number of urea groups is 1. The van der Waals surface area contributed by atoms with E-state index in [4.69, 9.17) is 0 Å². The van der Waals surface area contributed by atoms with Gasteiger partial charge < -0.3 is 10.4 Å². The number of hydrogen-bond donors (Lipinski definition) is 3. The lowest BCUT2D eigenvalue weighted by Gasteiger charge is -2.10. The van der Waals surface area contributed by atoms with E-state index in [9.17, 15) is 9.90 Å². The number of anilines is 1. The number of carbonyl (C=O) groups is 1. The van der Waals surface area contributed by atoms with Crippen molar-refractivity contribution in [3.8, 4) is 11.1 Å². The standard InChI is InChI=1S/C20H21N3O2/c1-3-21-20(25)23-19-10-17-9-16(8-13(2)18(17)11-22-19)15-6-4-14(12-24)5-7-15/h4-11,24H,3,12H2,1-2H3,(H2,21,22,23,25). The molecular weight excluding hydrogens is 314 g/mol. The van der Waals surface area contributed by atoms with E-state index in [-0.39, 0.29) is 12.6 Å². The molecule has 0 aliphatic heterocycles. The first-order chi connectivity index (χ1) is 12.1. The third-order valence-electron chi connectivity index (χ3n) is 4.09. The number of fused-ring (bicyclic) bond motifs is 1. The van der Waals surface area contributed by atoms with Crippen LogP contribution in [0.1, 0.15) is 18.1 Å². The molecular formula is C20H21N3O2. The number of carbonyl (C=O) groups excluding carboxylic acids is 1. The molecule has 0 saturated heterocycles. The summed E-state index contributed by atoms with van der Waals surface area (Å²) in [5, 5.41) is 16.7. The largest absolute Gasteiger partial charge is 0.392 e. The number of benzene rings is 2. The first kappa shape index (κ1) is 16.9. The first-order valence-electron chi connectivity index (χ1n) is 8.26. The number of hydrogen-bond acceptors (Lipinski definition) is 3. The van der Waals surface area contributed by atoms with Crippen LogP contribution in [0.15, 0.2) is 48.7 Å². The molecule has 0 unspecified atom stereocenters. The average Bonchev–Trinajstić information content (AvgIpc) is 2.61. The highest BCUT2D eigenvalue weighted by atomic mass is 16.3. The Hall–Kier alpha value is -2.92. The number of rotatable bonds is 4. The number of aromatic nitrogens is 1. The topological polar surface area (TPSA) is 74.2 Å². The lowest BCUT2D eigenvalue weighted by Crippen LogP contribution is -2.28. The van der Waals surface area contributed by atoms with Crippen LogP contribution in [0.5, 0.6) is 0 Å². The van der Waals surface area contributed by atoms with Crippen molar-refractivity contribution in [2.24, 2.45) is 0 Å². The summed E-state index contributed by atoms with van der Waals surface area (Å²) < 4.78 is 0. The van der Waals surface area contributed by atoms with Crippen LogP contribution >= 0.6 is 0 Å². The molecule has 3 N–H and O–H groups in total. The SMILES string of the molecule is CCNC(=O)Nc1cc2cc(-c3ccc(CO)cc3)cc(C)c2cn1. The van der Waals surface area contributed by atoms with Crippen molar-refractivity contribution < 1.29 is 9.90 Å². The summed E-state index contributed by atoms with van der Waals surface area (Å²) >= 11 is 0. The van der Waals surface area contributed by atoms with Gasteiger partial charge in [0.1, 0.15) is 5.82 Å². The van der Waals surface area contributed by atoms with Crippen molar-refractivity contribution in [3.63, 3.8) is 0 Å². The van der Waals surface area contributed by atoms with E-state index in [0.29, 0.717) is 12.4 Å². The van der Waals surface area contributed by atoms with Crippen LogP contribution in [-0.2, 0) is 6.61 Å². The zero-order valence-electron chi connectivity index (χ0n) is 14.3. The Bertz CT molecular complexity index is 905. The maximum atomic E-state index is 11.7. The van der Waals surface area contributed by atoms with E-state index in [1.165, 1.54) is 0 Å². The highest BCUT2D eigenvalue weighted by molar-refractivity contribution is 5.94. The number of nitrogens with one attached hydrogen (secondary N) is 2. The summed E-state index contributed by atoms with van der Waals surface area (Å²) in [5.41, 5.74) is 4.18. The van der Waals surface area contributed by atoms with Gasteiger partial charge in [-0.15, -0.1) is 0 Å². The summed E-state index contributed by atoms with van der Waals surface area (Å²) in [6, 6.07) is 13.7. The molecule has 3 aromatic rings. The predicted molar refractivity (Wildman–Crippen MR) is 101 cm³/mol. The molecule has 0 aliphatic rings. The van der Waals surface area contributed by atoms with Crippen molar-refractivity contribution in [2.75, 3.05) is 11.9 Å². The average molecular weight is 335 g/mol. The fourth-order valence-electron chi connectivity index (χ4n) is 2.80. The van der Waals surface area contributed by atoms with Crippen molar-refractivity contribution in [1.29, 1.82) is 0 Å². The molecule has 1 aromatic heterocycles. The lowest BCUT2D eigenvalue weighted by molar-refractivity contribution is 0.252. The molecule has 0 aliphatic carbocycles. The van der Waals surface area contributed by atoms with Crippen LogP contribution < -0.4 is 10.6 Å². The Morgan fingerprint density at radius 1 is 1.12 bits per heavy atom. The number of nitrogens with zero attached hydrogens (tertiary/aromatic N) is 1. The molecule has 25 heavy (non-hydrogen) atoms. The number of aliphatic hydroxyl groups excluding tert-OH is 1. The van der Waals surface area contributed by atoms with Gasteiger partial charge in [0.25, 0.3) is 0 Å². The molecule has 0 saturated carbocycles. The second-order valence-electron chi connectivity index (χ2n) is 5.92. The fourth-order valence-corrected chi connectivity index (χ4v) is 2.80. The zero-order chi connectivity index (χ0) is 17.8. The summed E-state index contributed by atoms with van der Waals surface area (Å²) in [4.78, 5) is 16.0. The quantitative estimate of drug-likeness (QED) is 0.678. The highest BCUT2D eigenvalue weighted by Gasteiger charge is 2.07. The van der Waals surface area contributed by atoms with E-state index < -0.39 is 0 Å². The number of pyridine rings is 1. The zero-order valence-corrected chi connectivity index (χ0v) is 14.3. The molecule has 0 bridgehead atoms. The van der Waals surface area contributed by atoms with Gasteiger partial charge in [0, 0.05) is 18.1 Å². The van der Waals surface area contributed by atoms with Crippen LogP contribution in [0.25, 0.3) is 21.9 Å². The smallest absolute Gasteiger partial charge is 0.320 e. The summed E-state index contributed by atoms with van der Waals surface area (Å²) in [6.45, 7) is 4.52. The molecule has 2 amide bonds. The van der Waals surface area contributed by atoms with Crippen LogP contribution in [0.2, 0.25) is 0 Å². The van der Waals surface area contributed by atoms with Gasteiger partial charge >= 0.3 is 6.03 Å². The predicted octanol–water partition coefficient (Wildman–Crippen LogP) is 3.84. The van der Waals surface area contributed by atoms with Crippen LogP contribution in [0, 0.1) is 6.92 Å². The van der Waals surface area contributed by atoms with Crippen LogP contribution in [0.3, 0.4) is 0 Å². The van der Waals surface area contributed by atoms with Crippen molar-refractivity contribution in [3.05, 3.63) is 59.8 Å². The fraction of sp³-hybridized carbons (Fsp3) is 0.200. The molecule has 3 rings (SSSR count). The van der Waals surface area contributed by atoms with Crippen LogP contribution in [-0.4, -0.2) is 22.7 Å². The third kappa shape index (κ3) is 3.78. The molecule has 5 nitrogen and oxygen atoms in total. The number of aliphatic hydroxyl groups is 1. The van der Waals surface area contributed by atoms with Gasteiger partial charge in [-0.3, -0.25) is 5.32 Å². The summed E-state index contributed by atoms with van der Waals surface area (Å²) in [7, 11) is 0. The minimum atomic E-state index is -0.262. The van der Waals surface area contributed by atoms with E-state index in [1.807, 2.05) is 44.2 Å². The Kier molecular flexibility index (Phi) is 4.95. The van der Waals surface area contributed by atoms with Gasteiger partial charge in [-0.2, -0.15) is 0 Å². The Balaban J connectivity index is 1.99.